The van der Waals surface area contributed by atoms with Crippen LogP contribution in [0.4, 0.5) is 5.88 Å². The quantitative estimate of drug-likeness (QED) is 0.629. The summed E-state index contributed by atoms with van der Waals surface area (Å²) in [5.41, 5.74) is 0.361. The first kappa shape index (κ1) is 15.3. The molecule has 1 saturated heterocycles. The third-order valence-corrected chi connectivity index (χ3v) is 4.08. The van der Waals surface area contributed by atoms with E-state index in [9.17, 15) is 10.1 Å². The van der Waals surface area contributed by atoms with Crippen LogP contribution < -0.4 is 4.90 Å². The van der Waals surface area contributed by atoms with Gasteiger partial charge >= 0.3 is 0 Å². The largest absolute Gasteiger partial charge is 0.423 e. The highest BCUT2D eigenvalue weighted by molar-refractivity contribution is 5.88. The topological polar surface area (TPSA) is 73.4 Å². The van der Waals surface area contributed by atoms with Gasteiger partial charge in [-0.05, 0) is 19.8 Å². The van der Waals surface area contributed by atoms with E-state index in [4.69, 9.17) is 4.42 Å². The summed E-state index contributed by atoms with van der Waals surface area (Å²) in [6.07, 6.45) is 9.22. The number of anilines is 1. The molecule has 1 aromatic heterocycles. The van der Waals surface area contributed by atoms with Crippen molar-refractivity contribution in [2.45, 2.75) is 25.7 Å². The molecule has 1 aliphatic carbocycles. The van der Waals surface area contributed by atoms with Gasteiger partial charge in [-0.25, -0.2) is 4.98 Å². The van der Waals surface area contributed by atoms with Crippen LogP contribution in [0.3, 0.4) is 0 Å². The predicted octanol–water partition coefficient (Wildman–Crippen LogP) is 2.20. The Bertz CT molecular complexity index is 671. The van der Waals surface area contributed by atoms with Gasteiger partial charge in [0.1, 0.15) is 6.07 Å². The second-order valence-electron chi connectivity index (χ2n) is 5.79. The number of nitriles is 1. The Morgan fingerprint density at radius 2 is 2.04 bits per heavy atom. The van der Waals surface area contributed by atoms with Crippen LogP contribution in [0.15, 0.2) is 28.7 Å². The number of nitrogens with zero attached hydrogens (tertiary/aromatic N) is 4. The van der Waals surface area contributed by atoms with E-state index in [1.165, 1.54) is 0 Å². The lowest BCUT2D eigenvalue weighted by Gasteiger charge is -2.33. The Kier molecular flexibility index (Phi) is 4.47. The lowest BCUT2D eigenvalue weighted by Crippen LogP contribution is -2.48. The third kappa shape index (κ3) is 3.45. The molecule has 1 aromatic rings. The number of rotatable bonds is 4. The fourth-order valence-corrected chi connectivity index (χ4v) is 2.60. The minimum Gasteiger partial charge on any atom is -0.423 e. The highest BCUT2D eigenvalue weighted by Crippen LogP contribution is 2.41. The maximum Gasteiger partial charge on any atom is 0.246 e. The normalized spacial score (nSPS) is 18.8. The van der Waals surface area contributed by atoms with Crippen molar-refractivity contribution in [2.75, 3.05) is 31.1 Å². The maximum atomic E-state index is 12.0. The smallest absolute Gasteiger partial charge is 0.246 e. The van der Waals surface area contributed by atoms with Crippen LogP contribution in [0.25, 0.3) is 0 Å². The zero-order valence-electron chi connectivity index (χ0n) is 13.2. The predicted molar refractivity (Wildman–Crippen MR) is 85.9 cm³/mol. The first-order valence-corrected chi connectivity index (χ1v) is 7.97. The molecular weight excluding hydrogens is 292 g/mol. The van der Waals surface area contributed by atoms with Crippen LogP contribution >= 0.6 is 0 Å². The van der Waals surface area contributed by atoms with Gasteiger partial charge in [-0.2, -0.15) is 5.26 Å². The number of allylic oxidation sites excluding steroid dienone is 3. The molecule has 0 N–H and O–H groups in total. The van der Waals surface area contributed by atoms with Gasteiger partial charge in [0, 0.05) is 38.2 Å². The van der Waals surface area contributed by atoms with Crippen LogP contribution in [0, 0.1) is 11.3 Å². The van der Waals surface area contributed by atoms with Gasteiger partial charge < -0.3 is 14.2 Å². The summed E-state index contributed by atoms with van der Waals surface area (Å²) in [6.45, 7) is 4.44. The summed E-state index contributed by atoms with van der Waals surface area (Å²) in [5.74, 6) is 1.64. The van der Waals surface area contributed by atoms with E-state index < -0.39 is 0 Å². The van der Waals surface area contributed by atoms with Gasteiger partial charge in [-0.3, -0.25) is 4.79 Å². The van der Waals surface area contributed by atoms with Crippen molar-refractivity contribution in [3.8, 4) is 6.07 Å². The molecule has 1 saturated carbocycles. The number of aromatic nitrogens is 1. The van der Waals surface area contributed by atoms with Crippen molar-refractivity contribution >= 4 is 11.8 Å². The van der Waals surface area contributed by atoms with Crippen molar-refractivity contribution in [3.63, 3.8) is 0 Å². The van der Waals surface area contributed by atoms with Crippen LogP contribution in [0.5, 0.6) is 0 Å². The van der Waals surface area contributed by atoms with Crippen molar-refractivity contribution < 1.29 is 9.21 Å². The molecule has 0 spiro atoms. The highest BCUT2D eigenvalue weighted by atomic mass is 16.4. The van der Waals surface area contributed by atoms with Gasteiger partial charge in [0.25, 0.3) is 0 Å². The minimum atomic E-state index is 0.0134. The fourth-order valence-electron chi connectivity index (χ4n) is 2.60. The van der Waals surface area contributed by atoms with E-state index in [1.807, 2.05) is 24.0 Å². The molecule has 3 rings (SSSR count). The molecule has 0 atom stereocenters. The number of carbonyl (C=O) groups excluding carboxylic acids is 1. The summed E-state index contributed by atoms with van der Waals surface area (Å²) >= 11 is 0. The summed E-state index contributed by atoms with van der Waals surface area (Å²) in [7, 11) is 0. The Balaban J connectivity index is 1.63. The zero-order chi connectivity index (χ0) is 16.2. The summed E-state index contributed by atoms with van der Waals surface area (Å²) in [6, 6.07) is 2.12. The number of carbonyl (C=O) groups is 1. The number of hydrogen-bond donors (Lipinski definition) is 0. The summed E-state index contributed by atoms with van der Waals surface area (Å²) in [5, 5.41) is 9.25. The van der Waals surface area contributed by atoms with Crippen molar-refractivity contribution in [2.24, 2.45) is 0 Å². The molecule has 1 aliphatic heterocycles. The third-order valence-electron chi connectivity index (χ3n) is 4.08. The first-order chi connectivity index (χ1) is 11.2. The molecule has 2 heterocycles. The van der Waals surface area contributed by atoms with Crippen LogP contribution in [0.1, 0.15) is 37.3 Å². The average molecular weight is 312 g/mol. The minimum absolute atomic E-state index is 0.0134. The fraction of sp³-hybridized carbons (Fsp3) is 0.471. The maximum absolute atomic E-state index is 12.0. The lowest BCUT2D eigenvalue weighted by molar-refractivity contribution is -0.126. The molecule has 0 aromatic carbocycles. The van der Waals surface area contributed by atoms with Gasteiger partial charge in [0.05, 0.1) is 0 Å². The van der Waals surface area contributed by atoms with E-state index in [-0.39, 0.29) is 5.91 Å². The monoisotopic (exact) mass is 312 g/mol. The molecule has 2 fully saturated rings. The number of oxazole rings is 1. The lowest BCUT2D eigenvalue weighted by atomic mass is 10.3. The Morgan fingerprint density at radius 1 is 1.30 bits per heavy atom. The van der Waals surface area contributed by atoms with Gasteiger partial charge in [0.15, 0.2) is 0 Å². The number of amides is 1. The standard InChI is InChI=1S/C17H20N4O2/c1-2-3-4-5-15(22)20-8-10-21(11-9-20)17-14(12-18)19-16(23-17)13-6-7-13/h2-5,13H,6-11H2,1H3. The first-order valence-electron chi connectivity index (χ1n) is 7.97. The summed E-state index contributed by atoms with van der Waals surface area (Å²) < 4.78 is 5.81. The van der Waals surface area contributed by atoms with E-state index in [2.05, 4.69) is 11.1 Å². The van der Waals surface area contributed by atoms with Crippen LogP contribution in [-0.2, 0) is 4.79 Å². The molecule has 0 unspecified atom stereocenters. The second-order valence-corrected chi connectivity index (χ2v) is 5.79. The number of piperazine rings is 1. The van der Waals surface area contributed by atoms with Crippen molar-refractivity contribution in [1.29, 1.82) is 5.26 Å². The molecule has 120 valence electrons. The second kappa shape index (κ2) is 6.69. The van der Waals surface area contributed by atoms with Crippen LogP contribution in [0.2, 0.25) is 0 Å². The molecule has 6 heteroatoms. The molecule has 1 amide bonds. The Morgan fingerprint density at radius 3 is 2.65 bits per heavy atom. The van der Waals surface area contributed by atoms with Crippen molar-refractivity contribution in [3.05, 3.63) is 35.9 Å². The van der Waals surface area contributed by atoms with Crippen molar-refractivity contribution in [1.82, 2.24) is 9.88 Å². The van der Waals surface area contributed by atoms with E-state index in [0.717, 1.165) is 12.8 Å². The SMILES string of the molecule is CC=CC=CC(=O)N1CCN(c2oc(C3CC3)nc2C#N)CC1. The van der Waals surface area contributed by atoms with Gasteiger partial charge in [0.2, 0.25) is 23.4 Å². The van der Waals surface area contributed by atoms with E-state index in [1.54, 1.807) is 17.1 Å². The molecular formula is C17H20N4O2. The molecule has 23 heavy (non-hydrogen) atoms. The van der Waals surface area contributed by atoms with Gasteiger partial charge in [-0.1, -0.05) is 18.2 Å². The molecule has 2 aliphatic rings. The van der Waals surface area contributed by atoms with Gasteiger partial charge in [-0.15, -0.1) is 0 Å². The zero-order valence-corrected chi connectivity index (χ0v) is 13.2. The Labute approximate surface area is 135 Å². The van der Waals surface area contributed by atoms with Crippen LogP contribution in [-0.4, -0.2) is 42.0 Å². The average Bonchev–Trinajstić information content (AvgIpc) is 3.34. The Hall–Kier alpha value is -2.55. The molecule has 6 nitrogen and oxygen atoms in total. The molecule has 0 bridgehead atoms. The summed E-state index contributed by atoms with van der Waals surface area (Å²) in [4.78, 5) is 20.2. The van der Waals surface area contributed by atoms with E-state index in [0.29, 0.717) is 49.6 Å². The van der Waals surface area contributed by atoms with E-state index >= 15 is 0 Å². The number of hydrogen-bond acceptors (Lipinski definition) is 5. The molecule has 0 radical (unpaired) electrons. The highest BCUT2D eigenvalue weighted by Gasteiger charge is 2.32.